The van der Waals surface area contributed by atoms with E-state index in [1.54, 1.807) is 23.5 Å². The molecule has 0 bridgehead atoms. The van der Waals surface area contributed by atoms with Gasteiger partial charge in [-0.25, -0.2) is 4.98 Å². The van der Waals surface area contributed by atoms with Crippen LogP contribution in [0.25, 0.3) is 0 Å². The summed E-state index contributed by atoms with van der Waals surface area (Å²) >= 11 is 1.70. The zero-order valence-corrected chi connectivity index (χ0v) is 12.8. The molecular formula is C15H19N3OS. The van der Waals surface area contributed by atoms with Crippen molar-refractivity contribution in [1.82, 2.24) is 10.3 Å². The highest BCUT2D eigenvalue weighted by Gasteiger charge is 2.08. The molecule has 0 aliphatic heterocycles. The number of nitrogens with zero attached hydrogens (tertiary/aromatic N) is 1. The Balaban J connectivity index is 2.04. The Labute approximate surface area is 123 Å². The van der Waals surface area contributed by atoms with Crippen molar-refractivity contribution in [3.8, 4) is 0 Å². The molecule has 0 saturated heterocycles. The lowest BCUT2D eigenvalue weighted by atomic mass is 10.2. The number of hydrogen-bond donors (Lipinski definition) is 2. The molecule has 2 aromatic heterocycles. The van der Waals surface area contributed by atoms with Crippen molar-refractivity contribution in [2.45, 2.75) is 27.3 Å². The minimum Gasteiger partial charge on any atom is -0.370 e. The van der Waals surface area contributed by atoms with Gasteiger partial charge in [-0.1, -0.05) is 0 Å². The number of aromatic nitrogens is 1. The second-order valence-electron chi connectivity index (χ2n) is 4.61. The fourth-order valence-electron chi connectivity index (χ4n) is 1.92. The molecule has 0 aliphatic carbocycles. The van der Waals surface area contributed by atoms with Crippen molar-refractivity contribution in [3.05, 3.63) is 45.3 Å². The Morgan fingerprint density at radius 2 is 2.10 bits per heavy atom. The Hall–Kier alpha value is -1.88. The standard InChI is InChI=1S/C15H19N3OS/c1-4-16-14-8-12(7-10(2)18-14)15(19)17-9-13-6-5-11(3)20-13/h5-8H,4,9H2,1-3H3,(H,16,18)(H,17,19). The maximum atomic E-state index is 12.2. The van der Waals surface area contributed by atoms with Gasteiger partial charge in [0.1, 0.15) is 5.82 Å². The summed E-state index contributed by atoms with van der Waals surface area (Å²) in [7, 11) is 0. The first kappa shape index (κ1) is 14.5. The van der Waals surface area contributed by atoms with E-state index >= 15 is 0 Å². The minimum absolute atomic E-state index is 0.0688. The average molecular weight is 289 g/mol. The first-order chi connectivity index (χ1) is 9.58. The highest BCUT2D eigenvalue weighted by molar-refractivity contribution is 7.11. The third-order valence-corrected chi connectivity index (χ3v) is 3.79. The topological polar surface area (TPSA) is 54.0 Å². The normalized spacial score (nSPS) is 10.3. The van der Waals surface area contributed by atoms with Crippen molar-refractivity contribution in [3.63, 3.8) is 0 Å². The largest absolute Gasteiger partial charge is 0.370 e. The van der Waals surface area contributed by atoms with E-state index in [-0.39, 0.29) is 5.91 Å². The molecule has 4 nitrogen and oxygen atoms in total. The van der Waals surface area contributed by atoms with Crippen molar-refractivity contribution in [2.24, 2.45) is 0 Å². The molecule has 1 amide bonds. The summed E-state index contributed by atoms with van der Waals surface area (Å²) in [5, 5.41) is 6.07. The Morgan fingerprint density at radius 1 is 1.30 bits per heavy atom. The summed E-state index contributed by atoms with van der Waals surface area (Å²) in [5.41, 5.74) is 1.47. The van der Waals surface area contributed by atoms with E-state index in [1.807, 2.05) is 19.9 Å². The second kappa shape index (κ2) is 6.52. The number of thiophene rings is 1. The van der Waals surface area contributed by atoms with Gasteiger partial charge >= 0.3 is 0 Å². The van der Waals surface area contributed by atoms with E-state index in [1.165, 1.54) is 4.88 Å². The molecule has 0 atom stereocenters. The number of carbonyl (C=O) groups excluding carboxylic acids is 1. The maximum absolute atomic E-state index is 12.2. The molecule has 2 heterocycles. The summed E-state index contributed by atoms with van der Waals surface area (Å²) in [4.78, 5) is 18.9. The molecule has 5 heteroatoms. The summed E-state index contributed by atoms with van der Waals surface area (Å²) in [5.74, 6) is 0.672. The van der Waals surface area contributed by atoms with E-state index in [2.05, 4.69) is 28.6 Å². The molecule has 0 radical (unpaired) electrons. The predicted octanol–water partition coefficient (Wildman–Crippen LogP) is 3.12. The summed E-state index contributed by atoms with van der Waals surface area (Å²) in [6.07, 6.45) is 0. The van der Waals surface area contributed by atoms with Gasteiger partial charge < -0.3 is 10.6 Å². The number of carbonyl (C=O) groups is 1. The molecule has 0 fully saturated rings. The van der Waals surface area contributed by atoms with Crippen LogP contribution in [0, 0.1) is 13.8 Å². The first-order valence-electron chi connectivity index (χ1n) is 6.64. The van der Waals surface area contributed by atoms with Crippen LogP contribution in [0.4, 0.5) is 5.82 Å². The number of pyridine rings is 1. The highest BCUT2D eigenvalue weighted by atomic mass is 32.1. The maximum Gasteiger partial charge on any atom is 0.251 e. The van der Waals surface area contributed by atoms with Crippen LogP contribution in [-0.4, -0.2) is 17.4 Å². The van der Waals surface area contributed by atoms with E-state index in [0.717, 1.165) is 22.9 Å². The Kier molecular flexibility index (Phi) is 4.74. The lowest BCUT2D eigenvalue weighted by molar-refractivity contribution is 0.0951. The average Bonchev–Trinajstić information content (AvgIpc) is 2.81. The van der Waals surface area contributed by atoms with Crippen molar-refractivity contribution < 1.29 is 4.79 Å². The van der Waals surface area contributed by atoms with E-state index < -0.39 is 0 Å². The van der Waals surface area contributed by atoms with Crippen LogP contribution in [0.2, 0.25) is 0 Å². The van der Waals surface area contributed by atoms with Crippen LogP contribution in [-0.2, 0) is 6.54 Å². The molecular weight excluding hydrogens is 270 g/mol. The van der Waals surface area contributed by atoms with Crippen LogP contribution < -0.4 is 10.6 Å². The van der Waals surface area contributed by atoms with Gasteiger partial charge in [0.15, 0.2) is 0 Å². The van der Waals surface area contributed by atoms with Crippen LogP contribution in [0.1, 0.15) is 32.7 Å². The van der Waals surface area contributed by atoms with Gasteiger partial charge in [-0.3, -0.25) is 4.79 Å². The smallest absolute Gasteiger partial charge is 0.251 e. The summed E-state index contributed by atoms with van der Waals surface area (Å²) < 4.78 is 0. The van der Waals surface area contributed by atoms with E-state index in [4.69, 9.17) is 0 Å². The van der Waals surface area contributed by atoms with Gasteiger partial charge in [-0.2, -0.15) is 0 Å². The monoisotopic (exact) mass is 289 g/mol. The van der Waals surface area contributed by atoms with Crippen LogP contribution in [0.15, 0.2) is 24.3 Å². The van der Waals surface area contributed by atoms with Crippen LogP contribution >= 0.6 is 11.3 Å². The summed E-state index contributed by atoms with van der Waals surface area (Å²) in [6.45, 7) is 7.30. The van der Waals surface area contributed by atoms with E-state index in [0.29, 0.717) is 12.1 Å². The number of nitrogens with one attached hydrogen (secondary N) is 2. The molecule has 0 spiro atoms. The molecule has 2 aromatic rings. The number of anilines is 1. The van der Waals surface area contributed by atoms with Crippen LogP contribution in [0.3, 0.4) is 0 Å². The van der Waals surface area contributed by atoms with Gasteiger partial charge in [-0.15, -0.1) is 11.3 Å². The Morgan fingerprint density at radius 3 is 2.75 bits per heavy atom. The summed E-state index contributed by atoms with van der Waals surface area (Å²) in [6, 6.07) is 7.69. The second-order valence-corrected chi connectivity index (χ2v) is 5.98. The lowest BCUT2D eigenvalue weighted by Gasteiger charge is -2.08. The van der Waals surface area contributed by atoms with Gasteiger partial charge in [0.25, 0.3) is 5.91 Å². The number of hydrogen-bond acceptors (Lipinski definition) is 4. The predicted molar refractivity (Wildman–Crippen MR) is 83.4 cm³/mol. The van der Waals surface area contributed by atoms with Crippen molar-refractivity contribution >= 4 is 23.1 Å². The molecule has 0 saturated carbocycles. The fraction of sp³-hybridized carbons (Fsp3) is 0.333. The molecule has 0 aromatic carbocycles. The third kappa shape index (κ3) is 3.81. The highest BCUT2D eigenvalue weighted by Crippen LogP contribution is 2.15. The lowest BCUT2D eigenvalue weighted by Crippen LogP contribution is -2.22. The van der Waals surface area contributed by atoms with E-state index in [9.17, 15) is 4.79 Å². The van der Waals surface area contributed by atoms with Crippen molar-refractivity contribution in [1.29, 1.82) is 0 Å². The van der Waals surface area contributed by atoms with Crippen molar-refractivity contribution in [2.75, 3.05) is 11.9 Å². The minimum atomic E-state index is -0.0688. The molecule has 0 aliphatic rings. The number of amides is 1. The fourth-order valence-corrected chi connectivity index (χ4v) is 2.75. The number of aryl methyl sites for hydroxylation is 2. The molecule has 0 unspecified atom stereocenters. The zero-order valence-electron chi connectivity index (χ0n) is 12.0. The van der Waals surface area contributed by atoms with Gasteiger partial charge in [-0.05, 0) is 45.0 Å². The van der Waals surface area contributed by atoms with Gasteiger partial charge in [0, 0.05) is 27.6 Å². The Bertz CT molecular complexity index is 607. The number of rotatable bonds is 5. The third-order valence-electron chi connectivity index (χ3n) is 2.79. The molecule has 20 heavy (non-hydrogen) atoms. The zero-order chi connectivity index (χ0) is 14.5. The molecule has 2 N–H and O–H groups in total. The molecule has 106 valence electrons. The van der Waals surface area contributed by atoms with Crippen LogP contribution in [0.5, 0.6) is 0 Å². The first-order valence-corrected chi connectivity index (χ1v) is 7.46. The van der Waals surface area contributed by atoms with Gasteiger partial charge in [0.2, 0.25) is 0 Å². The molecule has 2 rings (SSSR count). The SMILES string of the molecule is CCNc1cc(C(=O)NCc2ccc(C)s2)cc(C)n1. The van der Waals surface area contributed by atoms with Gasteiger partial charge in [0.05, 0.1) is 6.54 Å². The quantitative estimate of drug-likeness (QED) is 0.889.